The van der Waals surface area contributed by atoms with E-state index >= 15 is 0 Å². The third-order valence-corrected chi connectivity index (χ3v) is 6.78. The molecule has 1 unspecified atom stereocenters. The van der Waals surface area contributed by atoms with Gasteiger partial charge in [-0.25, -0.2) is 14.2 Å². The van der Waals surface area contributed by atoms with Gasteiger partial charge in [-0.1, -0.05) is 22.0 Å². The van der Waals surface area contributed by atoms with Crippen LogP contribution in [0.2, 0.25) is 0 Å². The number of hydrogen-bond acceptors (Lipinski definition) is 9. The van der Waals surface area contributed by atoms with Crippen LogP contribution in [0.3, 0.4) is 0 Å². The van der Waals surface area contributed by atoms with Gasteiger partial charge in [0.25, 0.3) is 0 Å². The van der Waals surface area contributed by atoms with Gasteiger partial charge in [-0.05, 0) is 17.7 Å². The minimum atomic E-state index is -1.02. The SMILES string of the molecule is COC(=O)C1=C(CN2CCOC[C@H]2C(=O)O)NC(c2nccs2)=NC1c1ccc(F)cc1Br. The Kier molecular flexibility index (Phi) is 7.17. The second-order valence-electron chi connectivity index (χ2n) is 7.29. The summed E-state index contributed by atoms with van der Waals surface area (Å²) in [6.07, 6.45) is 1.63. The molecule has 0 amide bonds. The molecule has 0 saturated carbocycles. The van der Waals surface area contributed by atoms with E-state index in [1.807, 2.05) is 0 Å². The van der Waals surface area contributed by atoms with Gasteiger partial charge in [0.15, 0.2) is 10.8 Å². The Labute approximate surface area is 201 Å². The molecule has 0 aliphatic carbocycles. The summed E-state index contributed by atoms with van der Waals surface area (Å²) in [7, 11) is 1.26. The Morgan fingerprint density at radius 2 is 2.27 bits per heavy atom. The number of carbonyl (C=O) groups excluding carboxylic acids is 1. The number of benzene rings is 1. The maximum Gasteiger partial charge on any atom is 0.338 e. The maximum atomic E-state index is 13.8. The number of aliphatic imine (C=N–C) groups is 1. The molecule has 1 aromatic heterocycles. The number of carbonyl (C=O) groups is 2. The van der Waals surface area contributed by atoms with Crippen molar-refractivity contribution >= 4 is 45.0 Å². The first-order chi connectivity index (χ1) is 15.9. The highest BCUT2D eigenvalue weighted by molar-refractivity contribution is 9.10. The summed E-state index contributed by atoms with van der Waals surface area (Å²) >= 11 is 4.73. The Morgan fingerprint density at radius 3 is 2.94 bits per heavy atom. The zero-order chi connectivity index (χ0) is 23.5. The summed E-state index contributed by atoms with van der Waals surface area (Å²) in [4.78, 5) is 35.4. The van der Waals surface area contributed by atoms with Gasteiger partial charge in [-0.2, -0.15) is 0 Å². The second-order valence-corrected chi connectivity index (χ2v) is 9.04. The number of aliphatic carboxylic acids is 1. The molecular weight excluding hydrogens is 519 g/mol. The first kappa shape index (κ1) is 23.5. The number of esters is 1. The Morgan fingerprint density at radius 1 is 1.45 bits per heavy atom. The second kappa shape index (κ2) is 10.1. The number of ether oxygens (including phenoxy) is 2. The van der Waals surface area contributed by atoms with Crippen molar-refractivity contribution in [1.29, 1.82) is 0 Å². The Hall–Kier alpha value is -2.67. The van der Waals surface area contributed by atoms with E-state index in [-0.39, 0.29) is 18.7 Å². The van der Waals surface area contributed by atoms with Gasteiger partial charge < -0.3 is 19.9 Å². The van der Waals surface area contributed by atoms with Crippen LogP contribution in [0.25, 0.3) is 0 Å². The van der Waals surface area contributed by atoms with E-state index in [1.54, 1.807) is 22.5 Å². The van der Waals surface area contributed by atoms with Gasteiger partial charge in [0.05, 0.1) is 25.9 Å². The van der Waals surface area contributed by atoms with Crippen LogP contribution in [0, 0.1) is 5.82 Å². The number of halogens is 2. The molecule has 2 aliphatic heterocycles. The standard InChI is InChI=1S/C21H20BrFN4O5S/c1-31-21(30)16-14(9-27-5-6-32-10-15(27)20(28)29)25-18(19-24-4-7-33-19)26-17(16)12-3-2-11(23)8-13(12)22/h2-4,7-8,15,17H,5-6,9-10H2,1H3,(H,25,26)(H,28,29)/t15-,17?/m0/s1. The minimum absolute atomic E-state index is 0.0382. The number of nitrogens with one attached hydrogen (secondary N) is 1. The topological polar surface area (TPSA) is 113 Å². The highest BCUT2D eigenvalue weighted by Gasteiger charge is 2.37. The lowest BCUT2D eigenvalue weighted by Crippen LogP contribution is -2.52. The van der Waals surface area contributed by atoms with Gasteiger partial charge in [0.2, 0.25) is 0 Å². The van der Waals surface area contributed by atoms with Crippen LogP contribution < -0.4 is 5.32 Å². The maximum absolute atomic E-state index is 13.8. The van der Waals surface area contributed by atoms with Crippen molar-refractivity contribution in [2.45, 2.75) is 12.1 Å². The highest BCUT2D eigenvalue weighted by atomic mass is 79.9. The van der Waals surface area contributed by atoms with Crippen molar-refractivity contribution in [3.63, 3.8) is 0 Å². The molecule has 12 heteroatoms. The molecule has 2 atom stereocenters. The van der Waals surface area contributed by atoms with Crippen molar-refractivity contribution in [3.05, 3.63) is 61.9 Å². The lowest BCUT2D eigenvalue weighted by molar-refractivity contribution is -0.149. The van der Waals surface area contributed by atoms with Gasteiger partial charge in [-0.15, -0.1) is 11.3 Å². The van der Waals surface area contributed by atoms with Gasteiger partial charge in [0.1, 0.15) is 17.9 Å². The van der Waals surface area contributed by atoms with E-state index in [9.17, 15) is 19.1 Å². The number of morpholine rings is 1. The summed E-state index contributed by atoms with van der Waals surface area (Å²) in [5.41, 5.74) is 1.21. The van der Waals surface area contributed by atoms with E-state index in [0.717, 1.165) is 0 Å². The molecule has 33 heavy (non-hydrogen) atoms. The molecule has 2 N–H and O–H groups in total. The molecule has 9 nitrogen and oxygen atoms in total. The average Bonchev–Trinajstić information content (AvgIpc) is 3.33. The number of hydrogen-bond donors (Lipinski definition) is 2. The summed E-state index contributed by atoms with van der Waals surface area (Å²) in [6, 6.07) is 2.44. The minimum Gasteiger partial charge on any atom is -0.480 e. The van der Waals surface area contributed by atoms with Gasteiger partial charge >= 0.3 is 11.9 Å². The fourth-order valence-electron chi connectivity index (χ4n) is 3.73. The number of rotatable bonds is 6. The Bertz CT molecular complexity index is 1120. The molecule has 1 fully saturated rings. The van der Waals surface area contributed by atoms with Crippen molar-refractivity contribution in [2.24, 2.45) is 4.99 Å². The number of nitrogens with zero attached hydrogens (tertiary/aromatic N) is 3. The van der Waals surface area contributed by atoms with Crippen LogP contribution in [0.4, 0.5) is 4.39 Å². The van der Waals surface area contributed by atoms with Gasteiger partial charge in [-0.3, -0.25) is 14.7 Å². The normalized spacial score (nSPS) is 21.4. The molecule has 2 aliphatic rings. The third kappa shape index (κ3) is 4.98. The van der Waals surface area contributed by atoms with Crippen molar-refractivity contribution in [3.8, 4) is 0 Å². The van der Waals surface area contributed by atoms with Crippen LogP contribution >= 0.6 is 27.3 Å². The van der Waals surface area contributed by atoms with Crippen LogP contribution in [0.1, 0.15) is 16.6 Å². The predicted molar refractivity (Wildman–Crippen MR) is 121 cm³/mol. The average molecular weight is 539 g/mol. The van der Waals surface area contributed by atoms with Crippen LogP contribution in [-0.4, -0.2) is 72.2 Å². The molecule has 174 valence electrons. The lowest BCUT2D eigenvalue weighted by atomic mass is 9.95. The van der Waals surface area contributed by atoms with E-state index in [1.165, 1.54) is 30.6 Å². The molecule has 0 radical (unpaired) electrons. The summed E-state index contributed by atoms with van der Waals surface area (Å²) in [6.45, 7) is 0.886. The smallest absolute Gasteiger partial charge is 0.338 e. The Balaban J connectivity index is 1.83. The number of thiazole rings is 1. The van der Waals surface area contributed by atoms with Gasteiger partial charge in [0, 0.05) is 34.8 Å². The number of methoxy groups -OCH3 is 1. The molecule has 4 rings (SSSR count). The quantitative estimate of drug-likeness (QED) is 0.539. The molecule has 1 saturated heterocycles. The van der Waals surface area contributed by atoms with Crippen LogP contribution in [-0.2, 0) is 19.1 Å². The molecule has 0 bridgehead atoms. The number of aromatic nitrogens is 1. The van der Waals surface area contributed by atoms with Crippen LogP contribution in [0.15, 0.2) is 50.5 Å². The zero-order valence-electron chi connectivity index (χ0n) is 17.5. The first-order valence-corrected chi connectivity index (χ1v) is 11.6. The number of carboxylic acids is 1. The third-order valence-electron chi connectivity index (χ3n) is 5.31. The van der Waals surface area contributed by atoms with E-state index < -0.39 is 29.8 Å². The highest BCUT2D eigenvalue weighted by Crippen LogP contribution is 2.37. The van der Waals surface area contributed by atoms with Crippen molar-refractivity contribution < 1.29 is 28.6 Å². The first-order valence-electron chi connectivity index (χ1n) is 9.94. The fourth-order valence-corrected chi connectivity index (χ4v) is 4.88. The molecular formula is C21H20BrFN4O5S. The monoisotopic (exact) mass is 538 g/mol. The fraction of sp³-hybridized carbons (Fsp3) is 0.333. The van der Waals surface area contributed by atoms with Crippen molar-refractivity contribution in [1.82, 2.24) is 15.2 Å². The van der Waals surface area contributed by atoms with Crippen molar-refractivity contribution in [2.75, 3.05) is 33.4 Å². The zero-order valence-corrected chi connectivity index (χ0v) is 19.9. The molecule has 2 aromatic rings. The summed E-state index contributed by atoms with van der Waals surface area (Å²) in [5.74, 6) is -1.66. The lowest BCUT2D eigenvalue weighted by Gasteiger charge is -2.35. The molecule has 1 aromatic carbocycles. The molecule has 3 heterocycles. The van der Waals surface area contributed by atoms with Crippen LogP contribution in [0.5, 0.6) is 0 Å². The van der Waals surface area contributed by atoms with E-state index in [4.69, 9.17) is 14.5 Å². The van der Waals surface area contributed by atoms with E-state index in [2.05, 4.69) is 26.2 Å². The number of amidine groups is 1. The number of carboxylic acid groups (broad SMARTS) is 1. The summed E-state index contributed by atoms with van der Waals surface area (Å²) in [5, 5.41) is 15.2. The largest absolute Gasteiger partial charge is 0.480 e. The van der Waals surface area contributed by atoms with E-state index in [0.29, 0.717) is 39.7 Å². The molecule has 0 spiro atoms. The summed E-state index contributed by atoms with van der Waals surface area (Å²) < 4.78 is 24.6. The predicted octanol–water partition coefficient (Wildman–Crippen LogP) is 2.35.